The van der Waals surface area contributed by atoms with Crippen molar-refractivity contribution in [3.63, 3.8) is 0 Å². The van der Waals surface area contributed by atoms with Crippen LogP contribution in [-0.4, -0.2) is 64.4 Å². The molecule has 3 atom stereocenters. The van der Waals surface area contributed by atoms with E-state index in [1.165, 1.54) is 20.3 Å². The third kappa shape index (κ3) is 4.72. The Morgan fingerprint density at radius 1 is 1.23 bits per heavy atom. The topological polar surface area (TPSA) is 171 Å². The number of halogens is 2. The number of rotatable bonds is 8. The minimum absolute atomic E-state index is 0.0108. The second-order valence-electron chi connectivity index (χ2n) is 10.5. The molecular weight excluding hydrogens is 664 g/mol. The van der Waals surface area contributed by atoms with E-state index in [9.17, 15) is 19.5 Å². The summed E-state index contributed by atoms with van der Waals surface area (Å²) in [6.45, 7) is 1.67. The van der Waals surface area contributed by atoms with Crippen LogP contribution >= 0.6 is 27.5 Å². The van der Waals surface area contributed by atoms with E-state index >= 15 is 0 Å². The highest BCUT2D eigenvalue weighted by molar-refractivity contribution is 9.10. The summed E-state index contributed by atoms with van der Waals surface area (Å²) in [7, 11) is 2.78. The number of benzene rings is 2. The van der Waals surface area contributed by atoms with Crippen molar-refractivity contribution in [3.8, 4) is 28.7 Å². The smallest absolute Gasteiger partial charge is 0.231 e. The van der Waals surface area contributed by atoms with Gasteiger partial charge >= 0.3 is 0 Å². The van der Waals surface area contributed by atoms with E-state index in [4.69, 9.17) is 35.3 Å². The number of carbonyl (C=O) groups is 3. The largest absolute Gasteiger partial charge is 0.507 e. The van der Waals surface area contributed by atoms with E-state index < -0.39 is 40.7 Å². The number of carbonyl (C=O) groups excluding carboxylic acids is 3. The Bertz CT molecular complexity index is 1740. The zero-order chi connectivity index (χ0) is 31.3. The first-order valence-corrected chi connectivity index (χ1v) is 14.6. The molecular formula is C29H26BrClN4O9. The number of amides is 1. The van der Waals surface area contributed by atoms with Crippen molar-refractivity contribution in [2.75, 3.05) is 21.0 Å². The Morgan fingerprint density at radius 3 is 2.68 bits per heavy atom. The highest BCUT2D eigenvalue weighted by Gasteiger charge is 2.61. The van der Waals surface area contributed by atoms with Crippen molar-refractivity contribution in [2.24, 2.45) is 5.92 Å². The number of aromatic nitrogens is 3. The van der Waals surface area contributed by atoms with Crippen LogP contribution in [0.1, 0.15) is 47.4 Å². The Morgan fingerprint density at radius 2 is 1.98 bits per heavy atom. The summed E-state index contributed by atoms with van der Waals surface area (Å²) in [6.07, 6.45) is -0.436. The molecule has 1 aromatic heterocycles. The van der Waals surface area contributed by atoms with Crippen molar-refractivity contribution in [1.29, 1.82) is 0 Å². The Kier molecular flexibility index (Phi) is 7.66. The number of aliphatic hydroxyl groups is 1. The van der Waals surface area contributed by atoms with Gasteiger partial charge in [0.2, 0.25) is 28.8 Å². The van der Waals surface area contributed by atoms with Gasteiger partial charge in [0.05, 0.1) is 20.8 Å². The van der Waals surface area contributed by atoms with Gasteiger partial charge in [-0.15, -0.1) is 5.10 Å². The third-order valence-electron chi connectivity index (χ3n) is 8.01. The average Bonchev–Trinajstić information content (AvgIpc) is 3.73. The van der Waals surface area contributed by atoms with Crippen molar-refractivity contribution in [3.05, 3.63) is 62.3 Å². The van der Waals surface area contributed by atoms with Crippen molar-refractivity contribution in [2.45, 2.75) is 37.8 Å². The molecule has 1 amide bonds. The summed E-state index contributed by atoms with van der Waals surface area (Å²) >= 11 is 9.71. The number of fused-ring (bicyclic) bond motifs is 2. The zero-order valence-electron chi connectivity index (χ0n) is 23.7. The normalized spacial score (nSPS) is 20.9. The van der Waals surface area contributed by atoms with Gasteiger partial charge in [0, 0.05) is 36.3 Å². The molecule has 15 heteroatoms. The fraction of sp³-hybridized carbons (Fsp3) is 0.345. The molecule has 13 nitrogen and oxygen atoms in total. The van der Waals surface area contributed by atoms with Crippen LogP contribution in [0.3, 0.4) is 0 Å². The number of Topliss-reactive ketones (excluding diaryl/α,β-unsaturated/α-hetero) is 2. The number of aliphatic hydroxyl groups excluding tert-OH is 1. The average molecular weight is 690 g/mol. The minimum Gasteiger partial charge on any atom is -0.507 e. The Labute approximate surface area is 263 Å². The fourth-order valence-electron chi connectivity index (χ4n) is 5.85. The van der Waals surface area contributed by atoms with Crippen LogP contribution in [0.15, 0.2) is 40.3 Å². The summed E-state index contributed by atoms with van der Waals surface area (Å²) in [6, 6.07) is 6.42. The maximum atomic E-state index is 14.2. The molecule has 3 aromatic rings. The van der Waals surface area contributed by atoms with Crippen LogP contribution < -0.4 is 29.0 Å². The van der Waals surface area contributed by atoms with Gasteiger partial charge in [0.15, 0.2) is 28.8 Å². The van der Waals surface area contributed by atoms with Gasteiger partial charge in [-0.25, -0.2) is 4.98 Å². The van der Waals surface area contributed by atoms with Gasteiger partial charge in [-0.05, 0) is 33.6 Å². The van der Waals surface area contributed by atoms with E-state index in [2.05, 4.69) is 36.4 Å². The van der Waals surface area contributed by atoms with E-state index in [0.29, 0.717) is 27.6 Å². The summed E-state index contributed by atoms with van der Waals surface area (Å²) < 4.78 is 28.4. The molecule has 1 aliphatic carbocycles. The van der Waals surface area contributed by atoms with E-state index in [-0.39, 0.29) is 59.6 Å². The van der Waals surface area contributed by atoms with Crippen molar-refractivity contribution >= 4 is 45.0 Å². The number of ether oxygens (including phenoxy) is 5. The number of aromatic amines is 1. The standard InChI is InChI=1S/C29H26BrClN4O9/c1-12-6-15(36)22(26(38)29(12)27(39)23-18(40-2)9-19(41-3)24(31)25(23)44-29)14(13-4-5-16-17(7-13)43-11-42-16)8-21(37)32-10-20-33-28(30)35-34-20/h4-5,7,9,12,14,38H,6,8,10-11H2,1-3H3,(H,32,37)(H,33,34,35). The molecule has 6 rings (SSSR count). The molecule has 3 N–H and O–H groups in total. The number of hydrogen-bond donors (Lipinski definition) is 3. The third-order valence-corrected chi connectivity index (χ3v) is 8.72. The molecule has 230 valence electrons. The number of ketones is 2. The number of H-pyrrole nitrogens is 1. The molecule has 0 saturated carbocycles. The predicted molar refractivity (Wildman–Crippen MR) is 157 cm³/mol. The lowest BCUT2D eigenvalue weighted by Crippen LogP contribution is -2.53. The molecule has 3 unspecified atom stereocenters. The molecule has 44 heavy (non-hydrogen) atoms. The first-order valence-electron chi connectivity index (χ1n) is 13.5. The van der Waals surface area contributed by atoms with Crippen LogP contribution in [0.4, 0.5) is 0 Å². The van der Waals surface area contributed by atoms with Crippen LogP contribution in [0.5, 0.6) is 28.7 Å². The number of methoxy groups -OCH3 is 2. The minimum atomic E-state index is -2.01. The maximum absolute atomic E-state index is 14.2. The lowest BCUT2D eigenvalue weighted by molar-refractivity contribution is -0.122. The highest BCUT2D eigenvalue weighted by Crippen LogP contribution is 2.56. The Hall–Kier alpha value is -4.30. The first kappa shape index (κ1) is 29.8. The van der Waals surface area contributed by atoms with Crippen molar-refractivity contribution < 1.29 is 43.2 Å². The lowest BCUT2D eigenvalue weighted by Gasteiger charge is -2.38. The van der Waals surface area contributed by atoms with Crippen LogP contribution in [-0.2, 0) is 16.1 Å². The molecule has 1 spiro atoms. The predicted octanol–water partition coefficient (Wildman–Crippen LogP) is 4.19. The fourth-order valence-corrected chi connectivity index (χ4v) is 6.41. The summed E-state index contributed by atoms with van der Waals surface area (Å²) in [4.78, 5) is 45.4. The molecule has 2 aromatic carbocycles. The number of allylic oxidation sites excluding steroid dienone is 1. The SMILES string of the molecule is COc1cc(OC)c2c(c1Cl)OC1(C2=O)C(O)=C(C(CC(=O)NCc2nc(Br)n[nH]2)c2ccc3c(c2)OCO3)C(=O)CC1C. The quantitative estimate of drug-likeness (QED) is 0.310. The molecule has 0 fully saturated rings. The number of nitrogens with zero attached hydrogens (tertiary/aromatic N) is 2. The van der Waals surface area contributed by atoms with Gasteiger partial charge in [-0.3, -0.25) is 19.5 Å². The maximum Gasteiger partial charge on any atom is 0.231 e. The van der Waals surface area contributed by atoms with Gasteiger partial charge < -0.3 is 34.1 Å². The van der Waals surface area contributed by atoms with Crippen LogP contribution in [0.25, 0.3) is 0 Å². The van der Waals surface area contributed by atoms with Crippen LogP contribution in [0.2, 0.25) is 5.02 Å². The second kappa shape index (κ2) is 11.3. The van der Waals surface area contributed by atoms with Gasteiger partial charge in [0.1, 0.15) is 27.9 Å². The summed E-state index contributed by atoms with van der Waals surface area (Å²) in [5.74, 6) is -2.35. The molecule has 3 heterocycles. The lowest BCUT2D eigenvalue weighted by atomic mass is 9.69. The van der Waals surface area contributed by atoms with E-state index in [0.717, 1.165) is 0 Å². The summed E-state index contributed by atoms with van der Waals surface area (Å²) in [5.41, 5.74) is -1.65. The van der Waals surface area contributed by atoms with Crippen molar-refractivity contribution in [1.82, 2.24) is 20.5 Å². The van der Waals surface area contributed by atoms with E-state index in [1.807, 2.05) is 0 Å². The summed E-state index contributed by atoms with van der Waals surface area (Å²) in [5, 5.41) is 21.3. The number of nitrogens with one attached hydrogen (secondary N) is 2. The second-order valence-corrected chi connectivity index (χ2v) is 11.5. The monoisotopic (exact) mass is 688 g/mol. The van der Waals surface area contributed by atoms with Gasteiger partial charge in [-0.1, -0.05) is 24.6 Å². The first-order chi connectivity index (χ1) is 21.1. The highest BCUT2D eigenvalue weighted by atomic mass is 79.9. The van der Waals surface area contributed by atoms with Gasteiger partial charge in [-0.2, -0.15) is 0 Å². The molecule has 2 aliphatic heterocycles. The Balaban J connectivity index is 1.45. The molecule has 0 bridgehead atoms. The molecule has 0 saturated heterocycles. The molecule has 3 aliphatic rings. The molecule has 0 radical (unpaired) electrons. The van der Waals surface area contributed by atoms with E-state index in [1.54, 1.807) is 25.1 Å². The van der Waals surface area contributed by atoms with Gasteiger partial charge in [0.25, 0.3) is 0 Å². The number of hydrogen-bond acceptors (Lipinski definition) is 11. The van der Waals surface area contributed by atoms with Crippen LogP contribution in [0, 0.1) is 5.92 Å². The zero-order valence-corrected chi connectivity index (χ0v) is 26.0.